The number of hydrogen-bond acceptors (Lipinski definition) is 0. The van der Waals surface area contributed by atoms with Gasteiger partial charge in [-0.15, -0.1) is 6.58 Å². The van der Waals surface area contributed by atoms with Gasteiger partial charge in [0.05, 0.1) is 0 Å². The van der Waals surface area contributed by atoms with Crippen molar-refractivity contribution in [1.29, 1.82) is 0 Å². The molecule has 0 aromatic carbocycles. The van der Waals surface area contributed by atoms with Gasteiger partial charge < -0.3 is 0 Å². The SMILES string of the molecule is C=CC(C)(C)C1CCCC2CC21. The van der Waals surface area contributed by atoms with E-state index in [-0.39, 0.29) is 0 Å². The second-order valence-corrected chi connectivity index (χ2v) is 5.22. The molecule has 2 fully saturated rings. The molecule has 3 unspecified atom stereocenters. The lowest BCUT2D eigenvalue weighted by Crippen LogP contribution is -2.26. The van der Waals surface area contributed by atoms with Crippen LogP contribution in [0.5, 0.6) is 0 Å². The summed E-state index contributed by atoms with van der Waals surface area (Å²) < 4.78 is 0. The van der Waals surface area contributed by atoms with E-state index in [1.807, 2.05) is 0 Å². The molecule has 68 valence electrons. The first-order valence-electron chi connectivity index (χ1n) is 5.29. The maximum atomic E-state index is 3.96. The van der Waals surface area contributed by atoms with Gasteiger partial charge in [-0.2, -0.15) is 0 Å². The fourth-order valence-electron chi connectivity index (χ4n) is 2.98. The van der Waals surface area contributed by atoms with Gasteiger partial charge in [0.25, 0.3) is 0 Å². The molecule has 0 aliphatic heterocycles. The first-order valence-corrected chi connectivity index (χ1v) is 5.29. The summed E-state index contributed by atoms with van der Waals surface area (Å²) in [6.45, 7) is 8.67. The highest BCUT2D eigenvalue weighted by Gasteiger charge is 2.49. The van der Waals surface area contributed by atoms with Crippen molar-refractivity contribution >= 4 is 0 Å². The van der Waals surface area contributed by atoms with Crippen LogP contribution in [0.2, 0.25) is 0 Å². The van der Waals surface area contributed by atoms with Crippen LogP contribution in [0.1, 0.15) is 39.5 Å². The summed E-state index contributed by atoms with van der Waals surface area (Å²) in [4.78, 5) is 0. The lowest BCUT2D eigenvalue weighted by Gasteiger charge is -2.34. The van der Waals surface area contributed by atoms with Crippen molar-refractivity contribution in [1.82, 2.24) is 0 Å². The lowest BCUT2D eigenvalue weighted by atomic mass is 9.71. The second kappa shape index (κ2) is 2.61. The summed E-state index contributed by atoms with van der Waals surface area (Å²) in [6.07, 6.45) is 8.10. The molecule has 0 amide bonds. The highest BCUT2D eigenvalue weighted by molar-refractivity contribution is 5.04. The van der Waals surface area contributed by atoms with Crippen LogP contribution in [0, 0.1) is 23.2 Å². The fourth-order valence-corrected chi connectivity index (χ4v) is 2.98. The van der Waals surface area contributed by atoms with Crippen LogP contribution in [0.4, 0.5) is 0 Å². The molecule has 2 saturated carbocycles. The third-order valence-electron chi connectivity index (χ3n) is 4.07. The minimum atomic E-state index is 0.389. The fraction of sp³-hybridized carbons (Fsp3) is 0.833. The van der Waals surface area contributed by atoms with Crippen molar-refractivity contribution in [3.63, 3.8) is 0 Å². The van der Waals surface area contributed by atoms with E-state index < -0.39 is 0 Å². The molecule has 0 saturated heterocycles. The molecule has 3 atom stereocenters. The molecule has 0 spiro atoms. The Kier molecular flexibility index (Phi) is 1.82. The molecule has 0 bridgehead atoms. The minimum absolute atomic E-state index is 0.389. The van der Waals surface area contributed by atoms with Gasteiger partial charge in [0.15, 0.2) is 0 Å². The summed E-state index contributed by atoms with van der Waals surface area (Å²) in [7, 11) is 0. The normalized spacial score (nSPS) is 40.3. The second-order valence-electron chi connectivity index (χ2n) is 5.22. The zero-order valence-electron chi connectivity index (χ0n) is 8.34. The van der Waals surface area contributed by atoms with Gasteiger partial charge in [0.2, 0.25) is 0 Å². The predicted octanol–water partition coefficient (Wildman–Crippen LogP) is 3.63. The molecule has 0 aromatic heterocycles. The molecule has 0 N–H and O–H groups in total. The van der Waals surface area contributed by atoms with Gasteiger partial charge >= 0.3 is 0 Å². The van der Waals surface area contributed by atoms with Crippen molar-refractivity contribution < 1.29 is 0 Å². The van der Waals surface area contributed by atoms with Crippen LogP contribution < -0.4 is 0 Å². The first kappa shape index (κ1) is 8.34. The largest absolute Gasteiger partial charge is 0.103 e. The minimum Gasteiger partial charge on any atom is -0.103 e. The Labute approximate surface area is 76.1 Å². The Balaban J connectivity index is 2.07. The van der Waals surface area contributed by atoms with Crippen molar-refractivity contribution in [3.05, 3.63) is 12.7 Å². The molecule has 2 aliphatic rings. The summed E-state index contributed by atoms with van der Waals surface area (Å²) in [5.74, 6) is 3.10. The number of hydrogen-bond donors (Lipinski definition) is 0. The summed E-state index contributed by atoms with van der Waals surface area (Å²) >= 11 is 0. The van der Waals surface area contributed by atoms with Crippen molar-refractivity contribution in [3.8, 4) is 0 Å². The Morgan fingerprint density at radius 3 is 2.75 bits per heavy atom. The standard InChI is InChI=1S/C12H20/c1-4-12(2,3)11-7-5-6-9-8-10(9)11/h4,9-11H,1,5-8H2,2-3H3. The number of allylic oxidation sites excluding steroid dienone is 1. The van der Waals surface area contributed by atoms with Gasteiger partial charge in [-0.3, -0.25) is 0 Å². The predicted molar refractivity (Wildman–Crippen MR) is 52.9 cm³/mol. The van der Waals surface area contributed by atoms with E-state index in [2.05, 4.69) is 26.5 Å². The quantitative estimate of drug-likeness (QED) is 0.547. The Hall–Kier alpha value is -0.260. The topological polar surface area (TPSA) is 0 Å². The number of fused-ring (bicyclic) bond motifs is 1. The highest BCUT2D eigenvalue weighted by atomic mass is 14.5. The summed E-state index contributed by atoms with van der Waals surface area (Å²) in [5.41, 5.74) is 0.389. The van der Waals surface area contributed by atoms with Crippen molar-refractivity contribution in [2.75, 3.05) is 0 Å². The Bertz CT molecular complexity index is 190. The zero-order chi connectivity index (χ0) is 8.77. The lowest BCUT2D eigenvalue weighted by molar-refractivity contribution is 0.193. The van der Waals surface area contributed by atoms with Gasteiger partial charge in [0.1, 0.15) is 0 Å². The van der Waals surface area contributed by atoms with Crippen LogP contribution in [0.3, 0.4) is 0 Å². The van der Waals surface area contributed by atoms with Crippen LogP contribution in [0.15, 0.2) is 12.7 Å². The van der Waals surface area contributed by atoms with E-state index in [0.717, 1.165) is 17.8 Å². The Morgan fingerprint density at radius 2 is 2.08 bits per heavy atom. The van der Waals surface area contributed by atoms with E-state index in [1.165, 1.54) is 25.7 Å². The summed E-state index contributed by atoms with van der Waals surface area (Å²) in [5, 5.41) is 0. The van der Waals surface area contributed by atoms with Crippen molar-refractivity contribution in [2.24, 2.45) is 23.2 Å². The van der Waals surface area contributed by atoms with E-state index in [4.69, 9.17) is 0 Å². The third-order valence-corrected chi connectivity index (χ3v) is 4.07. The van der Waals surface area contributed by atoms with E-state index in [9.17, 15) is 0 Å². The molecule has 0 radical (unpaired) electrons. The first-order chi connectivity index (χ1) is 5.65. The Morgan fingerprint density at radius 1 is 1.33 bits per heavy atom. The summed E-state index contributed by atoms with van der Waals surface area (Å²) in [6, 6.07) is 0. The molecule has 0 heteroatoms. The van der Waals surface area contributed by atoms with Crippen LogP contribution >= 0.6 is 0 Å². The monoisotopic (exact) mass is 164 g/mol. The van der Waals surface area contributed by atoms with E-state index in [1.54, 1.807) is 0 Å². The van der Waals surface area contributed by atoms with Gasteiger partial charge in [-0.05, 0) is 36.0 Å². The molecule has 0 aromatic rings. The molecule has 2 aliphatic carbocycles. The van der Waals surface area contributed by atoms with E-state index in [0.29, 0.717) is 5.41 Å². The maximum absolute atomic E-state index is 3.96. The molecule has 2 rings (SSSR count). The average Bonchev–Trinajstić information content (AvgIpc) is 2.81. The molecule has 12 heavy (non-hydrogen) atoms. The van der Waals surface area contributed by atoms with Crippen LogP contribution in [-0.4, -0.2) is 0 Å². The molecule has 0 heterocycles. The third kappa shape index (κ3) is 1.22. The molecular formula is C12H20. The van der Waals surface area contributed by atoms with Gasteiger partial charge in [-0.25, -0.2) is 0 Å². The zero-order valence-corrected chi connectivity index (χ0v) is 8.34. The van der Waals surface area contributed by atoms with Crippen molar-refractivity contribution in [2.45, 2.75) is 39.5 Å². The van der Waals surface area contributed by atoms with Gasteiger partial charge in [0, 0.05) is 0 Å². The highest BCUT2D eigenvalue weighted by Crippen LogP contribution is 2.58. The van der Waals surface area contributed by atoms with Crippen LogP contribution in [-0.2, 0) is 0 Å². The van der Waals surface area contributed by atoms with Gasteiger partial charge in [-0.1, -0.05) is 32.8 Å². The average molecular weight is 164 g/mol. The number of rotatable bonds is 2. The van der Waals surface area contributed by atoms with E-state index >= 15 is 0 Å². The maximum Gasteiger partial charge on any atom is -0.0147 e. The smallest absolute Gasteiger partial charge is 0.0147 e. The van der Waals surface area contributed by atoms with Crippen LogP contribution in [0.25, 0.3) is 0 Å². The molecule has 0 nitrogen and oxygen atoms in total. The molecular weight excluding hydrogens is 144 g/mol.